The fraction of sp³-hybridized carbons (Fsp3) is 0.500. The van der Waals surface area contributed by atoms with Crippen LogP contribution in [0.25, 0.3) is 0 Å². The number of hydrogen-bond donors (Lipinski definition) is 2. The molecule has 2 saturated heterocycles. The predicted molar refractivity (Wildman–Crippen MR) is 102 cm³/mol. The monoisotopic (exact) mass is 391 g/mol. The van der Waals surface area contributed by atoms with E-state index in [1.165, 1.54) is 24.6 Å². The molecule has 0 saturated carbocycles. The van der Waals surface area contributed by atoms with Crippen molar-refractivity contribution in [3.63, 3.8) is 0 Å². The maximum atomic E-state index is 12.4. The van der Waals surface area contributed by atoms with Gasteiger partial charge < -0.3 is 15.2 Å². The summed E-state index contributed by atoms with van der Waals surface area (Å²) >= 11 is 7.83. The van der Waals surface area contributed by atoms with E-state index in [1.807, 2.05) is 23.7 Å². The molecule has 26 heavy (non-hydrogen) atoms. The normalized spacial score (nSPS) is 24.6. The molecule has 0 aliphatic carbocycles. The molecule has 1 amide bonds. The molecule has 1 aromatic heterocycles. The van der Waals surface area contributed by atoms with Gasteiger partial charge in [0.1, 0.15) is 6.33 Å². The van der Waals surface area contributed by atoms with Gasteiger partial charge >= 0.3 is 0 Å². The van der Waals surface area contributed by atoms with Crippen molar-refractivity contribution in [2.24, 2.45) is 13.0 Å². The first-order valence-corrected chi connectivity index (χ1v) is 10.1. The van der Waals surface area contributed by atoms with Crippen molar-refractivity contribution in [2.45, 2.75) is 54.2 Å². The van der Waals surface area contributed by atoms with Gasteiger partial charge in [-0.1, -0.05) is 11.6 Å². The van der Waals surface area contributed by atoms with Crippen LogP contribution >= 0.6 is 23.4 Å². The van der Waals surface area contributed by atoms with Gasteiger partial charge in [-0.3, -0.25) is 4.79 Å². The van der Waals surface area contributed by atoms with Gasteiger partial charge in [-0.05, 0) is 61.6 Å². The molecule has 138 valence electrons. The molecular formula is C18H22ClN5OS. The number of nitrogens with one attached hydrogen (secondary N) is 2. The fourth-order valence-corrected chi connectivity index (χ4v) is 5.01. The fourth-order valence-electron chi connectivity index (χ4n) is 3.94. The Hall–Kier alpha value is -1.57. The first-order valence-electron chi connectivity index (χ1n) is 8.94. The summed E-state index contributed by atoms with van der Waals surface area (Å²) in [4.78, 5) is 13.3. The Morgan fingerprint density at radius 3 is 2.81 bits per heavy atom. The van der Waals surface area contributed by atoms with E-state index in [4.69, 9.17) is 11.6 Å². The number of aromatic nitrogens is 3. The van der Waals surface area contributed by atoms with Crippen molar-refractivity contribution < 1.29 is 4.79 Å². The lowest BCUT2D eigenvalue weighted by Crippen LogP contribution is -2.39. The highest BCUT2D eigenvalue weighted by Gasteiger charge is 2.34. The van der Waals surface area contributed by atoms with Crippen LogP contribution in [0.5, 0.6) is 0 Å². The zero-order valence-corrected chi connectivity index (χ0v) is 16.2. The van der Waals surface area contributed by atoms with Crippen molar-refractivity contribution in [2.75, 3.05) is 5.32 Å². The van der Waals surface area contributed by atoms with Gasteiger partial charge in [0.05, 0.1) is 5.02 Å². The van der Waals surface area contributed by atoms with Crippen LogP contribution in [0.3, 0.4) is 0 Å². The number of nitrogens with zero attached hydrogens (tertiary/aromatic N) is 3. The summed E-state index contributed by atoms with van der Waals surface area (Å²) < 4.78 is 1.84. The van der Waals surface area contributed by atoms with Crippen LogP contribution < -0.4 is 10.6 Å². The number of halogens is 1. The molecule has 8 heteroatoms. The molecule has 2 fully saturated rings. The number of carbonyl (C=O) groups excluding carboxylic acids is 1. The molecule has 2 bridgehead atoms. The van der Waals surface area contributed by atoms with E-state index in [2.05, 4.69) is 20.8 Å². The van der Waals surface area contributed by atoms with E-state index in [1.54, 1.807) is 12.4 Å². The van der Waals surface area contributed by atoms with E-state index in [-0.39, 0.29) is 5.91 Å². The van der Waals surface area contributed by atoms with E-state index in [9.17, 15) is 4.79 Å². The molecule has 6 nitrogen and oxygen atoms in total. The van der Waals surface area contributed by atoms with E-state index >= 15 is 0 Å². The number of piperidine rings is 1. The van der Waals surface area contributed by atoms with Gasteiger partial charge in [0, 0.05) is 36.1 Å². The summed E-state index contributed by atoms with van der Waals surface area (Å²) in [5.41, 5.74) is 0.735. The topological polar surface area (TPSA) is 71.8 Å². The summed E-state index contributed by atoms with van der Waals surface area (Å²) in [6.45, 7) is 0. The number of benzene rings is 1. The van der Waals surface area contributed by atoms with Crippen LogP contribution in [0, 0.1) is 5.92 Å². The Labute approximate surface area is 162 Å². The van der Waals surface area contributed by atoms with Crippen molar-refractivity contribution in [3.05, 3.63) is 29.5 Å². The highest BCUT2D eigenvalue weighted by molar-refractivity contribution is 7.99. The summed E-state index contributed by atoms with van der Waals surface area (Å²) in [5, 5.41) is 15.9. The number of anilines is 1. The minimum absolute atomic E-state index is 0.0704. The van der Waals surface area contributed by atoms with Gasteiger partial charge in [0.2, 0.25) is 5.91 Å². The number of carbonyl (C=O) groups is 1. The Balaban J connectivity index is 1.35. The number of fused-ring (bicyclic) bond motifs is 2. The van der Waals surface area contributed by atoms with Crippen molar-refractivity contribution in [1.29, 1.82) is 0 Å². The SMILES string of the molecule is Cn1cnnc1Sc1ccc(NC(=O)CC2CC3CCC(C2)N3)cc1Cl. The number of aryl methyl sites for hydroxylation is 1. The first kappa shape index (κ1) is 17.8. The number of rotatable bonds is 5. The smallest absolute Gasteiger partial charge is 0.224 e. The van der Waals surface area contributed by atoms with Crippen LogP contribution in [0.1, 0.15) is 32.1 Å². The zero-order chi connectivity index (χ0) is 18.1. The highest BCUT2D eigenvalue weighted by atomic mass is 35.5. The van der Waals surface area contributed by atoms with E-state index in [0.29, 0.717) is 29.4 Å². The molecule has 2 aromatic rings. The Bertz CT molecular complexity index is 799. The Kier molecular flexibility index (Phi) is 5.20. The average molecular weight is 392 g/mol. The molecule has 2 atom stereocenters. The molecule has 0 radical (unpaired) electrons. The van der Waals surface area contributed by atoms with Crippen molar-refractivity contribution in [1.82, 2.24) is 20.1 Å². The highest BCUT2D eigenvalue weighted by Crippen LogP contribution is 2.35. The lowest BCUT2D eigenvalue weighted by atomic mass is 9.89. The lowest BCUT2D eigenvalue weighted by Gasteiger charge is -2.28. The molecular weight excluding hydrogens is 370 g/mol. The minimum Gasteiger partial charge on any atom is -0.326 e. The second-order valence-electron chi connectivity index (χ2n) is 7.20. The molecule has 4 rings (SSSR count). The summed E-state index contributed by atoms with van der Waals surface area (Å²) in [6, 6.07) is 6.80. The summed E-state index contributed by atoms with van der Waals surface area (Å²) in [6.07, 6.45) is 6.96. The standard InChI is InChI=1S/C18H22ClN5OS/c1-24-10-20-23-18(24)26-16-5-4-14(9-15(16)19)22-17(25)8-11-6-12-2-3-13(7-11)21-12/h4-5,9-13,21H,2-3,6-8H2,1H3,(H,22,25). The molecule has 2 aliphatic heterocycles. The predicted octanol–water partition coefficient (Wildman–Crippen LogP) is 3.48. The van der Waals surface area contributed by atoms with Gasteiger partial charge in [0.25, 0.3) is 0 Å². The van der Waals surface area contributed by atoms with Crippen molar-refractivity contribution >= 4 is 35.0 Å². The first-order chi connectivity index (χ1) is 12.6. The Morgan fingerprint density at radius 1 is 1.38 bits per heavy atom. The maximum absolute atomic E-state index is 12.4. The largest absolute Gasteiger partial charge is 0.326 e. The summed E-state index contributed by atoms with van der Waals surface area (Å²) in [7, 11) is 1.89. The van der Waals surface area contributed by atoms with Crippen LogP contribution in [0.4, 0.5) is 5.69 Å². The summed E-state index contributed by atoms with van der Waals surface area (Å²) in [5.74, 6) is 0.552. The second kappa shape index (κ2) is 7.58. The molecule has 2 N–H and O–H groups in total. The third-order valence-corrected chi connectivity index (χ3v) is 6.68. The number of hydrogen-bond acceptors (Lipinski definition) is 5. The minimum atomic E-state index is 0.0704. The average Bonchev–Trinajstić information content (AvgIpc) is 3.15. The van der Waals surface area contributed by atoms with Crippen LogP contribution in [-0.2, 0) is 11.8 Å². The molecule has 3 heterocycles. The lowest BCUT2D eigenvalue weighted by molar-refractivity contribution is -0.117. The molecule has 2 aliphatic rings. The molecule has 0 spiro atoms. The van der Waals surface area contributed by atoms with Gasteiger partial charge in [-0.15, -0.1) is 10.2 Å². The van der Waals surface area contributed by atoms with Gasteiger partial charge in [-0.25, -0.2) is 0 Å². The van der Waals surface area contributed by atoms with Crippen molar-refractivity contribution in [3.8, 4) is 0 Å². The third-order valence-electron chi connectivity index (χ3n) is 5.13. The Morgan fingerprint density at radius 2 is 2.15 bits per heavy atom. The van der Waals surface area contributed by atoms with E-state index in [0.717, 1.165) is 28.6 Å². The molecule has 1 aromatic carbocycles. The zero-order valence-electron chi connectivity index (χ0n) is 14.6. The van der Waals surface area contributed by atoms with E-state index < -0.39 is 0 Å². The quantitative estimate of drug-likeness (QED) is 0.816. The van der Waals surface area contributed by atoms with Crippen LogP contribution in [0.15, 0.2) is 34.6 Å². The number of amides is 1. The van der Waals surface area contributed by atoms with Crippen LogP contribution in [-0.4, -0.2) is 32.8 Å². The second-order valence-corrected chi connectivity index (χ2v) is 8.62. The maximum Gasteiger partial charge on any atom is 0.224 e. The van der Waals surface area contributed by atoms with Crippen LogP contribution in [0.2, 0.25) is 5.02 Å². The molecule has 2 unspecified atom stereocenters. The van der Waals surface area contributed by atoms with Gasteiger partial charge in [0.15, 0.2) is 5.16 Å². The third kappa shape index (κ3) is 4.05. The van der Waals surface area contributed by atoms with Gasteiger partial charge in [-0.2, -0.15) is 0 Å².